The summed E-state index contributed by atoms with van der Waals surface area (Å²) in [4.78, 5) is 30.9. The lowest BCUT2D eigenvalue weighted by Crippen LogP contribution is -2.43. The van der Waals surface area contributed by atoms with Crippen LogP contribution in [0.4, 0.5) is 19.6 Å². The van der Waals surface area contributed by atoms with Crippen LogP contribution in [-0.4, -0.2) is 41.3 Å². The molecule has 0 fully saturated rings. The highest BCUT2D eigenvalue weighted by Crippen LogP contribution is 2.26. The van der Waals surface area contributed by atoms with Gasteiger partial charge in [0.05, 0.1) is 18.3 Å². The van der Waals surface area contributed by atoms with Crippen molar-refractivity contribution in [3.8, 4) is 11.3 Å². The van der Waals surface area contributed by atoms with Crippen molar-refractivity contribution in [2.45, 2.75) is 26.8 Å². The molecule has 0 radical (unpaired) electrons. The van der Waals surface area contributed by atoms with Gasteiger partial charge in [-0.05, 0) is 63.2 Å². The summed E-state index contributed by atoms with van der Waals surface area (Å²) in [6, 6.07) is 8.59. The molecule has 2 N–H and O–H groups in total. The monoisotopic (exact) mass is 458 g/mol. The SMILES string of the molecule is Cc1cccc(NC(=O)CN(C)C(C)C(=O)Nc2nc(-c3ccc(F)c(F)c3)cs2)c1C. The second kappa shape index (κ2) is 9.97. The maximum absolute atomic E-state index is 13.5. The number of benzene rings is 2. The Labute approximate surface area is 189 Å². The van der Waals surface area contributed by atoms with Crippen molar-refractivity contribution < 1.29 is 18.4 Å². The number of nitrogens with one attached hydrogen (secondary N) is 2. The van der Waals surface area contributed by atoms with E-state index in [1.807, 2.05) is 32.0 Å². The molecule has 0 spiro atoms. The molecule has 1 aromatic heterocycles. The van der Waals surface area contributed by atoms with Gasteiger partial charge in [-0.25, -0.2) is 13.8 Å². The first-order chi connectivity index (χ1) is 15.2. The molecular formula is C23H24F2N4O2S. The van der Waals surface area contributed by atoms with Gasteiger partial charge in [0.2, 0.25) is 11.8 Å². The molecule has 0 bridgehead atoms. The Morgan fingerprint density at radius 3 is 2.59 bits per heavy atom. The molecule has 0 saturated heterocycles. The number of halogens is 2. The molecule has 1 atom stereocenters. The highest BCUT2D eigenvalue weighted by atomic mass is 32.1. The number of carbonyl (C=O) groups excluding carboxylic acids is 2. The van der Waals surface area contributed by atoms with Crippen molar-refractivity contribution in [2.75, 3.05) is 24.2 Å². The minimum Gasteiger partial charge on any atom is -0.325 e. The quantitative estimate of drug-likeness (QED) is 0.543. The van der Waals surface area contributed by atoms with Crippen LogP contribution in [0.2, 0.25) is 0 Å². The first-order valence-corrected chi connectivity index (χ1v) is 10.8. The van der Waals surface area contributed by atoms with Gasteiger partial charge in [0.25, 0.3) is 0 Å². The minimum atomic E-state index is -0.963. The molecule has 1 unspecified atom stereocenters. The van der Waals surface area contributed by atoms with Crippen LogP contribution in [-0.2, 0) is 9.59 Å². The number of aryl methyl sites for hydroxylation is 1. The summed E-state index contributed by atoms with van der Waals surface area (Å²) in [5, 5.41) is 7.56. The number of nitrogens with zero attached hydrogens (tertiary/aromatic N) is 2. The molecule has 32 heavy (non-hydrogen) atoms. The van der Waals surface area contributed by atoms with Crippen molar-refractivity contribution in [1.82, 2.24) is 9.88 Å². The maximum Gasteiger partial charge on any atom is 0.243 e. The fourth-order valence-corrected chi connectivity index (χ4v) is 3.69. The summed E-state index contributed by atoms with van der Waals surface area (Å²) in [5.41, 5.74) is 3.66. The minimum absolute atomic E-state index is 0.0277. The van der Waals surface area contributed by atoms with Gasteiger partial charge in [0.15, 0.2) is 16.8 Å². The number of hydrogen-bond donors (Lipinski definition) is 2. The van der Waals surface area contributed by atoms with Crippen LogP contribution in [0.1, 0.15) is 18.1 Å². The Morgan fingerprint density at radius 1 is 1.12 bits per heavy atom. The normalized spacial score (nSPS) is 12.0. The average Bonchev–Trinajstić information content (AvgIpc) is 3.21. The van der Waals surface area contributed by atoms with Crippen LogP contribution in [0.15, 0.2) is 41.8 Å². The van der Waals surface area contributed by atoms with E-state index in [2.05, 4.69) is 15.6 Å². The lowest BCUT2D eigenvalue weighted by molar-refractivity contribution is -0.122. The van der Waals surface area contributed by atoms with Gasteiger partial charge in [0.1, 0.15) is 0 Å². The van der Waals surface area contributed by atoms with Crippen LogP contribution in [0.25, 0.3) is 11.3 Å². The summed E-state index contributed by atoms with van der Waals surface area (Å²) in [6.07, 6.45) is 0. The van der Waals surface area contributed by atoms with Gasteiger partial charge >= 0.3 is 0 Å². The third-order valence-electron chi connectivity index (χ3n) is 5.26. The lowest BCUT2D eigenvalue weighted by atomic mass is 10.1. The van der Waals surface area contributed by atoms with Crippen molar-refractivity contribution >= 4 is 34.0 Å². The summed E-state index contributed by atoms with van der Waals surface area (Å²) in [7, 11) is 1.68. The van der Waals surface area contributed by atoms with Gasteiger partial charge < -0.3 is 10.6 Å². The van der Waals surface area contributed by atoms with Gasteiger partial charge in [0, 0.05) is 16.6 Å². The number of aromatic nitrogens is 1. The first kappa shape index (κ1) is 23.5. The van der Waals surface area contributed by atoms with Gasteiger partial charge in [-0.3, -0.25) is 14.5 Å². The number of likely N-dealkylation sites (N-methyl/N-ethyl adjacent to an activating group) is 1. The second-order valence-electron chi connectivity index (χ2n) is 7.54. The van der Waals surface area contributed by atoms with Gasteiger partial charge in [-0.1, -0.05) is 12.1 Å². The molecule has 6 nitrogen and oxygen atoms in total. The number of thiazole rings is 1. The van der Waals surface area contributed by atoms with Crippen LogP contribution < -0.4 is 10.6 Å². The Balaban J connectivity index is 1.58. The van der Waals surface area contributed by atoms with Gasteiger partial charge in [-0.2, -0.15) is 0 Å². The molecule has 2 aromatic carbocycles. The Hall–Kier alpha value is -3.17. The highest BCUT2D eigenvalue weighted by molar-refractivity contribution is 7.14. The molecule has 0 aliphatic heterocycles. The summed E-state index contributed by atoms with van der Waals surface area (Å²) >= 11 is 1.17. The fourth-order valence-electron chi connectivity index (χ4n) is 2.97. The first-order valence-electron chi connectivity index (χ1n) is 9.94. The molecule has 1 heterocycles. The van der Waals surface area contributed by atoms with Crippen LogP contribution in [0, 0.1) is 25.5 Å². The molecule has 168 valence electrons. The topological polar surface area (TPSA) is 74.3 Å². The summed E-state index contributed by atoms with van der Waals surface area (Å²) in [6.45, 7) is 5.62. The maximum atomic E-state index is 13.5. The van der Waals surface area contributed by atoms with Crippen molar-refractivity contribution in [3.05, 3.63) is 64.5 Å². The number of carbonyl (C=O) groups is 2. The summed E-state index contributed by atoms with van der Waals surface area (Å²) < 4.78 is 26.6. The van der Waals surface area contributed by atoms with E-state index >= 15 is 0 Å². The molecule has 3 aromatic rings. The third-order valence-corrected chi connectivity index (χ3v) is 6.02. The predicted octanol–water partition coefficient (Wildman–Crippen LogP) is 4.60. The van der Waals surface area contributed by atoms with E-state index in [0.29, 0.717) is 16.4 Å². The predicted molar refractivity (Wildman–Crippen MR) is 123 cm³/mol. The molecule has 3 rings (SSSR count). The highest BCUT2D eigenvalue weighted by Gasteiger charge is 2.21. The van der Waals surface area contributed by atoms with E-state index in [-0.39, 0.29) is 18.4 Å². The van der Waals surface area contributed by atoms with E-state index in [0.717, 1.165) is 28.9 Å². The summed E-state index contributed by atoms with van der Waals surface area (Å²) in [5.74, 6) is -2.46. The van der Waals surface area contributed by atoms with Crippen LogP contribution in [0.3, 0.4) is 0 Å². The molecule has 0 aliphatic rings. The zero-order valence-electron chi connectivity index (χ0n) is 18.2. The van der Waals surface area contributed by atoms with E-state index in [4.69, 9.17) is 0 Å². The fraction of sp³-hybridized carbons (Fsp3) is 0.261. The van der Waals surface area contributed by atoms with Crippen LogP contribution >= 0.6 is 11.3 Å². The van der Waals surface area contributed by atoms with E-state index < -0.39 is 17.7 Å². The largest absolute Gasteiger partial charge is 0.325 e. The number of hydrogen-bond acceptors (Lipinski definition) is 5. The molecule has 9 heteroatoms. The van der Waals surface area contributed by atoms with Gasteiger partial charge in [-0.15, -0.1) is 11.3 Å². The smallest absolute Gasteiger partial charge is 0.243 e. The molecule has 0 saturated carbocycles. The van der Waals surface area contributed by atoms with Crippen LogP contribution in [0.5, 0.6) is 0 Å². The third kappa shape index (κ3) is 5.54. The van der Waals surface area contributed by atoms with E-state index in [1.54, 1.807) is 24.3 Å². The molecule has 2 amide bonds. The Kier molecular flexibility index (Phi) is 7.32. The Morgan fingerprint density at radius 2 is 1.88 bits per heavy atom. The number of anilines is 2. The second-order valence-corrected chi connectivity index (χ2v) is 8.40. The Bertz CT molecular complexity index is 1150. The van der Waals surface area contributed by atoms with Crippen molar-refractivity contribution in [1.29, 1.82) is 0 Å². The zero-order valence-corrected chi connectivity index (χ0v) is 19.0. The standard InChI is InChI=1S/C23H24F2N4O2S/c1-13-6-5-7-19(14(13)2)26-21(30)11-29(4)15(3)22(31)28-23-27-20(12-32-23)16-8-9-17(24)18(25)10-16/h5-10,12,15H,11H2,1-4H3,(H,26,30)(H,27,28,31). The zero-order chi connectivity index (χ0) is 23.4. The van der Waals surface area contributed by atoms with Crippen molar-refractivity contribution in [2.24, 2.45) is 0 Å². The number of rotatable bonds is 7. The van der Waals surface area contributed by atoms with E-state index in [9.17, 15) is 18.4 Å². The van der Waals surface area contributed by atoms with Crippen molar-refractivity contribution in [3.63, 3.8) is 0 Å². The molecular weight excluding hydrogens is 434 g/mol. The molecule has 0 aliphatic carbocycles. The van der Waals surface area contributed by atoms with E-state index in [1.165, 1.54) is 17.4 Å². The average molecular weight is 459 g/mol. The number of amides is 2. The lowest BCUT2D eigenvalue weighted by Gasteiger charge is -2.23.